The van der Waals surface area contributed by atoms with Crippen LogP contribution in [0.25, 0.3) is 0 Å². The van der Waals surface area contributed by atoms with E-state index in [1.165, 1.54) is 43.2 Å². The average molecular weight is 892 g/mol. The van der Waals surface area contributed by atoms with Gasteiger partial charge in [-0.05, 0) is 68.3 Å². The summed E-state index contributed by atoms with van der Waals surface area (Å²) in [4.78, 5) is 49.3. The van der Waals surface area contributed by atoms with Crippen LogP contribution in [-0.4, -0.2) is 71.2 Å². The molecular weight excluding hydrogens is 872 g/mol. The molecule has 0 aliphatic carbocycles. The van der Waals surface area contributed by atoms with Gasteiger partial charge in [-0.3, -0.25) is 14.6 Å². The summed E-state index contributed by atoms with van der Waals surface area (Å²) in [5, 5.41) is 3.70. The Balaban J connectivity index is 0.000000211. The van der Waals surface area contributed by atoms with Gasteiger partial charge in [0.25, 0.3) is 0 Å². The van der Waals surface area contributed by atoms with Gasteiger partial charge in [0.15, 0.2) is 23.0 Å². The molecular formula is C31H20Br2ClF6N9O4. The fourth-order valence-corrected chi connectivity index (χ4v) is 4.43. The number of halogens is 9. The van der Waals surface area contributed by atoms with Crippen molar-refractivity contribution in [3.63, 3.8) is 0 Å². The zero-order chi connectivity index (χ0) is 38.6. The van der Waals surface area contributed by atoms with E-state index in [0.717, 1.165) is 29.4 Å². The minimum Gasteiger partial charge on any atom is -0.437 e. The Morgan fingerprint density at radius 1 is 0.774 bits per heavy atom. The highest BCUT2D eigenvalue weighted by Gasteiger charge is 2.39. The number of carbonyl (C=O) groups is 2. The molecule has 0 fully saturated rings. The molecule has 0 spiro atoms. The molecule has 0 saturated heterocycles. The number of rotatable bonds is 9. The summed E-state index contributed by atoms with van der Waals surface area (Å²) in [5.41, 5.74) is -3.83. The van der Waals surface area contributed by atoms with Gasteiger partial charge in [-0.2, -0.15) is 31.4 Å². The van der Waals surface area contributed by atoms with Gasteiger partial charge in [0.05, 0.1) is 30.4 Å². The van der Waals surface area contributed by atoms with Crippen LogP contribution >= 0.6 is 43.5 Å². The molecule has 5 aromatic heterocycles. The van der Waals surface area contributed by atoms with Crippen LogP contribution < -0.4 is 9.47 Å². The van der Waals surface area contributed by atoms with Crippen molar-refractivity contribution in [3.8, 4) is 23.3 Å². The summed E-state index contributed by atoms with van der Waals surface area (Å²) in [6, 6.07) is 10.5. The van der Waals surface area contributed by atoms with Gasteiger partial charge in [0.1, 0.15) is 46.2 Å². The van der Waals surface area contributed by atoms with Crippen molar-refractivity contribution in [1.29, 1.82) is 0 Å². The zero-order valence-corrected chi connectivity index (χ0v) is 30.2. The summed E-state index contributed by atoms with van der Waals surface area (Å²) >= 11 is 11.6. The number of carbonyl (C=O) groups excluding carboxylic acids is 2. The lowest BCUT2D eigenvalue weighted by molar-refractivity contribution is -0.142. The SMILES string of the molecule is C1=NC=NC1.O=C(CCl)c1ccc(Oc2ccc(Br)nc2)nc1C(F)(F)F.O=C(Cn1cncn1)c1ccc(Oc2ccc(Br)nc2)nc1C(F)(F)F. The van der Waals surface area contributed by atoms with E-state index in [-0.39, 0.29) is 29.8 Å². The summed E-state index contributed by atoms with van der Waals surface area (Å²) in [5.74, 6) is -2.43. The predicted molar refractivity (Wildman–Crippen MR) is 184 cm³/mol. The lowest BCUT2D eigenvalue weighted by Gasteiger charge is -2.13. The van der Waals surface area contributed by atoms with E-state index in [2.05, 4.69) is 71.9 Å². The Kier molecular flexibility index (Phi) is 14.2. The van der Waals surface area contributed by atoms with Crippen molar-refractivity contribution >= 4 is 67.6 Å². The number of pyridine rings is 4. The normalized spacial score (nSPS) is 11.9. The quantitative estimate of drug-likeness (QED) is 0.0613. The van der Waals surface area contributed by atoms with Crippen molar-refractivity contribution < 1.29 is 45.4 Å². The molecule has 0 aromatic carbocycles. The Bertz CT molecular complexity index is 2060. The van der Waals surface area contributed by atoms with Crippen molar-refractivity contribution in [2.75, 3.05) is 12.4 Å². The van der Waals surface area contributed by atoms with E-state index in [0.29, 0.717) is 9.21 Å². The largest absolute Gasteiger partial charge is 0.437 e. The van der Waals surface area contributed by atoms with Crippen LogP contribution in [0.4, 0.5) is 26.3 Å². The molecule has 53 heavy (non-hydrogen) atoms. The minimum atomic E-state index is -4.83. The zero-order valence-electron chi connectivity index (χ0n) is 26.3. The van der Waals surface area contributed by atoms with E-state index in [1.807, 2.05) is 0 Å². The predicted octanol–water partition coefficient (Wildman–Crippen LogP) is 8.10. The van der Waals surface area contributed by atoms with Crippen LogP contribution in [0.3, 0.4) is 0 Å². The number of aromatic nitrogens is 7. The third kappa shape index (κ3) is 12.5. The third-order valence-corrected chi connectivity index (χ3v) is 7.24. The van der Waals surface area contributed by atoms with E-state index in [9.17, 15) is 35.9 Å². The van der Waals surface area contributed by atoms with E-state index in [4.69, 9.17) is 21.1 Å². The highest BCUT2D eigenvalue weighted by molar-refractivity contribution is 9.10. The maximum absolute atomic E-state index is 13.3. The molecule has 6 heterocycles. The molecule has 0 unspecified atom stereocenters. The Morgan fingerprint density at radius 3 is 1.66 bits per heavy atom. The number of ketones is 2. The Hall–Kier alpha value is -5.15. The molecule has 6 rings (SSSR count). The van der Waals surface area contributed by atoms with Crippen molar-refractivity contribution in [2.24, 2.45) is 9.98 Å². The van der Waals surface area contributed by atoms with Crippen LogP contribution in [0.1, 0.15) is 32.1 Å². The second-order valence-corrected chi connectivity index (χ2v) is 11.7. The summed E-state index contributed by atoms with van der Waals surface area (Å²) in [6.07, 6.45) is -1.26. The lowest BCUT2D eigenvalue weighted by Crippen LogP contribution is -2.19. The smallest absolute Gasteiger partial charge is 0.434 e. The molecule has 13 nitrogen and oxygen atoms in total. The molecule has 5 aromatic rings. The first-order valence-electron chi connectivity index (χ1n) is 14.3. The lowest BCUT2D eigenvalue weighted by atomic mass is 10.1. The number of hydrogen-bond acceptors (Lipinski definition) is 12. The molecule has 0 radical (unpaired) electrons. The average Bonchev–Trinajstić information content (AvgIpc) is 3.88. The maximum atomic E-state index is 13.3. The first-order valence-corrected chi connectivity index (χ1v) is 16.5. The van der Waals surface area contributed by atoms with Gasteiger partial charge in [0.2, 0.25) is 11.8 Å². The molecule has 0 N–H and O–H groups in total. The first kappa shape index (κ1) is 40.6. The topological polar surface area (TPSA) is 160 Å². The summed E-state index contributed by atoms with van der Waals surface area (Å²) < 4.78 is 91.7. The fourth-order valence-electron chi connectivity index (χ4n) is 3.82. The molecule has 0 atom stereocenters. The second kappa shape index (κ2) is 18.6. The highest BCUT2D eigenvalue weighted by atomic mass is 79.9. The standard InChI is InChI=1S/C15H9BrF3N5O2.C13H7BrClF3N2O2.C3H4N2/c16-12-3-1-9(5-21-12)26-13-4-2-10(14(23-13)15(17,18)19)11(25)6-24-8-20-7-22-24;14-10-3-1-7(6-19-10)22-11-4-2-8(9(21)5-15)12(20-11)13(16,17)18;1-2-5-3-4-1/h1-5,7-8H,6H2;1-4,6H,5H2;1,3H,2H2. The van der Waals surface area contributed by atoms with E-state index in [1.54, 1.807) is 24.7 Å². The van der Waals surface area contributed by atoms with Crippen LogP contribution in [0.15, 0.2) is 92.8 Å². The Labute approximate surface area is 316 Å². The fraction of sp³-hybridized carbons (Fsp3) is 0.161. The molecule has 22 heteroatoms. The van der Waals surface area contributed by atoms with Crippen molar-refractivity contribution in [3.05, 3.63) is 105 Å². The molecule has 1 aliphatic rings. The highest BCUT2D eigenvalue weighted by Crippen LogP contribution is 2.34. The second-order valence-electron chi connectivity index (χ2n) is 9.81. The molecule has 276 valence electrons. The van der Waals surface area contributed by atoms with Crippen molar-refractivity contribution in [1.82, 2.24) is 34.7 Å². The van der Waals surface area contributed by atoms with Crippen LogP contribution in [-0.2, 0) is 18.9 Å². The number of ether oxygens (including phenoxy) is 2. The summed E-state index contributed by atoms with van der Waals surface area (Å²) in [7, 11) is 0. The molecule has 0 bridgehead atoms. The van der Waals surface area contributed by atoms with Crippen molar-refractivity contribution in [2.45, 2.75) is 18.9 Å². The van der Waals surface area contributed by atoms with Gasteiger partial charge in [-0.25, -0.2) is 34.6 Å². The molecule has 0 amide bonds. The third-order valence-electron chi connectivity index (χ3n) is 6.06. The maximum Gasteiger partial charge on any atom is 0.434 e. The number of alkyl halides is 7. The monoisotopic (exact) mass is 889 g/mol. The van der Waals surface area contributed by atoms with Crippen LogP contribution in [0, 0.1) is 0 Å². The first-order chi connectivity index (χ1) is 25.1. The van der Waals surface area contributed by atoms with E-state index >= 15 is 0 Å². The number of hydrogen-bond donors (Lipinski definition) is 0. The van der Waals surface area contributed by atoms with E-state index < -0.39 is 52.3 Å². The van der Waals surface area contributed by atoms with Gasteiger partial charge in [-0.15, -0.1) is 11.6 Å². The number of Topliss-reactive ketones (excluding diaryl/α,β-unsaturated/α-hetero) is 2. The minimum absolute atomic E-state index is 0.204. The number of aliphatic imine (C=N–C) groups is 2. The number of nitrogens with zero attached hydrogens (tertiary/aromatic N) is 9. The van der Waals surface area contributed by atoms with Crippen LogP contribution in [0.2, 0.25) is 0 Å². The Morgan fingerprint density at radius 2 is 1.30 bits per heavy atom. The van der Waals surface area contributed by atoms with Gasteiger partial charge in [0, 0.05) is 23.9 Å². The molecule has 0 saturated carbocycles. The van der Waals surface area contributed by atoms with Gasteiger partial charge < -0.3 is 9.47 Å². The summed E-state index contributed by atoms with van der Waals surface area (Å²) in [6.45, 7) is 0.390. The van der Waals surface area contributed by atoms with Gasteiger partial charge in [-0.1, -0.05) is 0 Å². The molecule has 1 aliphatic heterocycles. The van der Waals surface area contributed by atoms with Crippen LogP contribution in [0.5, 0.6) is 23.3 Å². The van der Waals surface area contributed by atoms with Gasteiger partial charge >= 0.3 is 12.4 Å².